The lowest BCUT2D eigenvalue weighted by Gasteiger charge is -1.81. The molecule has 0 saturated carbocycles. The molecule has 1 amide bonds. The molecule has 4 heteroatoms. The maximum atomic E-state index is 9.17. The van der Waals surface area contributed by atoms with E-state index < -0.39 is 0 Å². The van der Waals surface area contributed by atoms with Crippen LogP contribution < -0.4 is 5.48 Å². The van der Waals surface area contributed by atoms with Crippen LogP contribution in [-0.2, 0) is 9.63 Å². The summed E-state index contributed by atoms with van der Waals surface area (Å²) in [5.74, 6) is 0. The van der Waals surface area contributed by atoms with Crippen LogP contribution in [0.1, 0.15) is 0 Å². The predicted octanol–water partition coefficient (Wildman–Crippen LogP) is -0.284. The lowest BCUT2D eigenvalue weighted by molar-refractivity contribution is -0.118. The molecule has 0 aliphatic heterocycles. The fourth-order valence-electron chi connectivity index (χ4n) is 0.0481. The van der Waals surface area contributed by atoms with Crippen molar-refractivity contribution in [2.45, 2.75) is 0 Å². The van der Waals surface area contributed by atoms with E-state index in [1.54, 1.807) is 0 Å². The quantitative estimate of drug-likeness (QED) is 0.393. The van der Waals surface area contributed by atoms with Gasteiger partial charge in [-0.05, 0) is 0 Å². The summed E-state index contributed by atoms with van der Waals surface area (Å²) in [5, 5.41) is 0. The topological polar surface area (TPSA) is 38.3 Å². The first-order valence-corrected chi connectivity index (χ1v) is 1.14. The Morgan fingerprint density at radius 1 is 1.83 bits per heavy atom. The van der Waals surface area contributed by atoms with Gasteiger partial charge in [-0.15, -0.1) is 12.4 Å². The van der Waals surface area contributed by atoms with E-state index >= 15 is 0 Å². The minimum Gasteiger partial charge on any atom is -0.277 e. The Bertz CT molecular complexity index is 32.7. The summed E-state index contributed by atoms with van der Waals surface area (Å²) in [4.78, 5) is 13.2. The van der Waals surface area contributed by atoms with E-state index in [4.69, 9.17) is 4.79 Å². The van der Waals surface area contributed by atoms with Gasteiger partial charge in [0.25, 0.3) is 0 Å². The average molecular weight is 112 g/mol. The number of rotatable bonds is 2. The molecule has 0 aliphatic carbocycles. The Labute approximate surface area is 42.0 Å². The summed E-state index contributed by atoms with van der Waals surface area (Å²) in [6, 6.07) is 0. The molecule has 3 nitrogen and oxygen atoms in total. The van der Waals surface area contributed by atoms with Gasteiger partial charge in [0.1, 0.15) is 0 Å². The Balaban J connectivity index is 0. The third-order valence-electron chi connectivity index (χ3n) is 0.166. The summed E-state index contributed by atoms with van der Waals surface area (Å²) >= 11 is 0. The molecule has 0 spiro atoms. The standard InChI is InChI=1S/C2H5NO2.ClH/c1-5-3-2-4;/h2H,1H3,(H,3,4);1H. The molecule has 0 heterocycles. The number of carbonyl (C=O) groups is 1. The molecule has 1 N–H and O–H groups in total. The van der Waals surface area contributed by atoms with Crippen LogP contribution in [0.15, 0.2) is 0 Å². The smallest absolute Gasteiger partial charge is 0.230 e. The van der Waals surface area contributed by atoms with Crippen molar-refractivity contribution in [3.63, 3.8) is 0 Å². The van der Waals surface area contributed by atoms with Crippen LogP contribution in [0.2, 0.25) is 0 Å². The molecule has 0 unspecified atom stereocenters. The van der Waals surface area contributed by atoms with E-state index in [0.717, 1.165) is 0 Å². The first-order chi connectivity index (χ1) is 2.41. The minimum absolute atomic E-state index is 0. The van der Waals surface area contributed by atoms with Gasteiger partial charge in [0.05, 0.1) is 7.11 Å². The predicted molar refractivity (Wildman–Crippen MR) is 23.5 cm³/mol. The van der Waals surface area contributed by atoms with Crippen molar-refractivity contribution in [1.29, 1.82) is 0 Å². The van der Waals surface area contributed by atoms with Gasteiger partial charge < -0.3 is 0 Å². The molecule has 0 aromatic heterocycles. The Morgan fingerprint density at radius 3 is 2.33 bits per heavy atom. The number of amides is 1. The van der Waals surface area contributed by atoms with Gasteiger partial charge in [-0.1, -0.05) is 0 Å². The highest BCUT2D eigenvalue weighted by atomic mass is 35.5. The summed E-state index contributed by atoms with van der Waals surface area (Å²) in [6.45, 7) is 0. The van der Waals surface area contributed by atoms with Crippen molar-refractivity contribution in [3.05, 3.63) is 0 Å². The van der Waals surface area contributed by atoms with Crippen LogP contribution >= 0.6 is 12.4 Å². The zero-order valence-corrected chi connectivity index (χ0v) is 4.12. The van der Waals surface area contributed by atoms with E-state index in [9.17, 15) is 0 Å². The molecule has 0 aromatic carbocycles. The van der Waals surface area contributed by atoms with Gasteiger partial charge in [-0.25, -0.2) is 5.48 Å². The Morgan fingerprint density at radius 2 is 2.33 bits per heavy atom. The van der Waals surface area contributed by atoms with Crippen LogP contribution in [0.5, 0.6) is 0 Å². The van der Waals surface area contributed by atoms with Crippen LogP contribution in [0.3, 0.4) is 0 Å². The highest BCUT2D eigenvalue weighted by Gasteiger charge is 1.56. The SMILES string of the molecule is CONC=O.Cl. The number of nitrogens with one attached hydrogen (secondary N) is 1. The second-order valence-electron chi connectivity index (χ2n) is 0.440. The van der Waals surface area contributed by atoms with Crippen LogP contribution in [0, 0.1) is 0 Å². The minimum atomic E-state index is 0. The van der Waals surface area contributed by atoms with Crippen molar-refractivity contribution >= 4 is 18.8 Å². The fourth-order valence-corrected chi connectivity index (χ4v) is 0.0481. The Hall–Kier alpha value is -0.280. The number of carbonyl (C=O) groups excluding carboxylic acids is 1. The zero-order chi connectivity index (χ0) is 4.12. The van der Waals surface area contributed by atoms with Gasteiger partial charge in [0, 0.05) is 0 Å². The largest absolute Gasteiger partial charge is 0.277 e. The highest BCUT2D eigenvalue weighted by Crippen LogP contribution is 1.35. The summed E-state index contributed by atoms with van der Waals surface area (Å²) < 4.78 is 0. The molecular weight excluding hydrogens is 105 g/mol. The zero-order valence-electron chi connectivity index (χ0n) is 3.30. The maximum absolute atomic E-state index is 9.17. The van der Waals surface area contributed by atoms with Crippen molar-refractivity contribution in [2.24, 2.45) is 0 Å². The molecule has 0 aromatic rings. The summed E-state index contributed by atoms with van der Waals surface area (Å²) in [5.41, 5.74) is 1.93. The van der Waals surface area contributed by atoms with Crippen molar-refractivity contribution < 1.29 is 9.63 Å². The Kier molecular flexibility index (Phi) is 13.5. The first-order valence-electron chi connectivity index (χ1n) is 1.14. The van der Waals surface area contributed by atoms with Crippen molar-refractivity contribution in [2.75, 3.05) is 7.11 Å². The molecule has 0 fully saturated rings. The molecular formula is C2H6ClNO2. The molecule has 0 atom stereocenters. The van der Waals surface area contributed by atoms with Crippen molar-refractivity contribution in [3.8, 4) is 0 Å². The van der Waals surface area contributed by atoms with E-state index in [1.807, 2.05) is 5.48 Å². The van der Waals surface area contributed by atoms with Crippen LogP contribution in [-0.4, -0.2) is 13.5 Å². The highest BCUT2D eigenvalue weighted by molar-refractivity contribution is 5.85. The molecule has 0 aliphatic rings. The lowest BCUT2D eigenvalue weighted by Crippen LogP contribution is -2.06. The van der Waals surface area contributed by atoms with E-state index in [1.165, 1.54) is 7.11 Å². The molecule has 0 radical (unpaired) electrons. The molecule has 0 rings (SSSR count). The van der Waals surface area contributed by atoms with Gasteiger partial charge in [0.2, 0.25) is 6.41 Å². The fraction of sp³-hybridized carbons (Fsp3) is 0.500. The monoisotopic (exact) mass is 111 g/mol. The number of hydrogen-bond acceptors (Lipinski definition) is 2. The molecule has 6 heavy (non-hydrogen) atoms. The molecule has 0 saturated heterocycles. The van der Waals surface area contributed by atoms with Gasteiger partial charge in [-0.3, -0.25) is 9.63 Å². The second kappa shape index (κ2) is 8.83. The normalized spacial score (nSPS) is 5.50. The summed E-state index contributed by atoms with van der Waals surface area (Å²) in [6.07, 6.45) is 0.458. The molecule has 38 valence electrons. The van der Waals surface area contributed by atoms with Gasteiger partial charge in [-0.2, -0.15) is 0 Å². The average Bonchev–Trinajstić information content (AvgIpc) is 1.41. The van der Waals surface area contributed by atoms with E-state index in [2.05, 4.69) is 4.84 Å². The van der Waals surface area contributed by atoms with Crippen LogP contribution in [0.4, 0.5) is 0 Å². The second-order valence-corrected chi connectivity index (χ2v) is 0.440. The third kappa shape index (κ3) is 9.30. The van der Waals surface area contributed by atoms with Crippen molar-refractivity contribution in [1.82, 2.24) is 5.48 Å². The maximum Gasteiger partial charge on any atom is 0.230 e. The van der Waals surface area contributed by atoms with E-state index in [0.29, 0.717) is 6.41 Å². The third-order valence-corrected chi connectivity index (χ3v) is 0.166. The van der Waals surface area contributed by atoms with E-state index in [-0.39, 0.29) is 12.4 Å². The van der Waals surface area contributed by atoms with Gasteiger partial charge in [0.15, 0.2) is 0 Å². The lowest BCUT2D eigenvalue weighted by atomic mass is 11.4. The number of hydroxylamine groups is 1. The number of halogens is 1. The van der Waals surface area contributed by atoms with Crippen LogP contribution in [0.25, 0.3) is 0 Å². The summed E-state index contributed by atoms with van der Waals surface area (Å²) in [7, 11) is 1.37. The molecule has 0 bridgehead atoms. The number of hydrogen-bond donors (Lipinski definition) is 1. The first kappa shape index (κ1) is 9.21. The van der Waals surface area contributed by atoms with Gasteiger partial charge >= 0.3 is 0 Å².